The second-order valence-corrected chi connectivity index (χ2v) is 3.72. The van der Waals surface area contributed by atoms with Crippen LogP contribution in [0.15, 0.2) is 36.4 Å². The van der Waals surface area contributed by atoms with E-state index >= 15 is 0 Å². The molecule has 92 valence electrons. The molecule has 4 nitrogen and oxygen atoms in total. The molecule has 0 aromatic heterocycles. The fourth-order valence-electron chi connectivity index (χ4n) is 1.82. The van der Waals surface area contributed by atoms with Crippen molar-refractivity contribution in [3.05, 3.63) is 47.5 Å². The van der Waals surface area contributed by atoms with E-state index in [9.17, 15) is 9.59 Å². The Balaban J connectivity index is 2.60. The number of methoxy groups -OCH3 is 2. The molecule has 0 saturated heterocycles. The summed E-state index contributed by atoms with van der Waals surface area (Å²) < 4.78 is 9.37. The van der Waals surface area contributed by atoms with Gasteiger partial charge in [-0.25, -0.2) is 9.59 Å². The number of carbonyl (C=O) groups is 2. The summed E-state index contributed by atoms with van der Waals surface area (Å²) in [6.45, 7) is 0. The molecule has 0 unspecified atom stereocenters. The zero-order chi connectivity index (χ0) is 13.1. The fourth-order valence-corrected chi connectivity index (χ4v) is 1.82. The van der Waals surface area contributed by atoms with Crippen LogP contribution in [0.4, 0.5) is 0 Å². The zero-order valence-electron chi connectivity index (χ0n) is 10.1. The van der Waals surface area contributed by atoms with Crippen LogP contribution in [0, 0.1) is 0 Å². The molecule has 0 bridgehead atoms. The van der Waals surface area contributed by atoms with Crippen LogP contribution in [0.2, 0.25) is 0 Å². The lowest BCUT2D eigenvalue weighted by Crippen LogP contribution is -2.03. The van der Waals surface area contributed by atoms with Gasteiger partial charge in [0.15, 0.2) is 0 Å². The van der Waals surface area contributed by atoms with Gasteiger partial charge in [-0.2, -0.15) is 0 Å². The average Bonchev–Trinajstić information content (AvgIpc) is 2.44. The first kappa shape index (κ1) is 12.1. The standard InChI is InChI=1S/C14H12O4/c1-17-13(15)10-6-7-11-9(8-10)4-3-5-12(11)14(16)18-2/h3-8H,1-2H3. The maximum absolute atomic E-state index is 11.6. The molecule has 0 fully saturated rings. The third-order valence-electron chi connectivity index (χ3n) is 2.71. The third-order valence-corrected chi connectivity index (χ3v) is 2.71. The molecule has 0 aliphatic heterocycles. The molecule has 0 aliphatic carbocycles. The Kier molecular flexibility index (Phi) is 3.28. The van der Waals surface area contributed by atoms with Crippen LogP contribution in [-0.2, 0) is 9.47 Å². The van der Waals surface area contributed by atoms with E-state index in [1.54, 1.807) is 30.3 Å². The molecule has 0 saturated carbocycles. The molecule has 2 aromatic rings. The van der Waals surface area contributed by atoms with Crippen molar-refractivity contribution in [2.45, 2.75) is 0 Å². The summed E-state index contributed by atoms with van der Waals surface area (Å²) in [5.74, 6) is -0.799. The largest absolute Gasteiger partial charge is 0.465 e. The Morgan fingerprint density at radius 3 is 2.33 bits per heavy atom. The average molecular weight is 244 g/mol. The molecule has 0 N–H and O–H groups in total. The van der Waals surface area contributed by atoms with E-state index in [2.05, 4.69) is 4.74 Å². The zero-order valence-corrected chi connectivity index (χ0v) is 10.1. The number of benzene rings is 2. The molecule has 0 spiro atoms. The predicted octanol–water partition coefficient (Wildman–Crippen LogP) is 2.41. The highest BCUT2D eigenvalue weighted by Crippen LogP contribution is 2.21. The van der Waals surface area contributed by atoms with Crippen LogP contribution in [0.1, 0.15) is 20.7 Å². The van der Waals surface area contributed by atoms with Crippen LogP contribution in [0.5, 0.6) is 0 Å². The van der Waals surface area contributed by atoms with Gasteiger partial charge in [-0.15, -0.1) is 0 Å². The van der Waals surface area contributed by atoms with E-state index in [1.807, 2.05) is 6.07 Å². The number of esters is 2. The molecular formula is C14H12O4. The minimum Gasteiger partial charge on any atom is -0.465 e. The second kappa shape index (κ2) is 4.87. The lowest BCUT2D eigenvalue weighted by molar-refractivity contribution is 0.0594. The molecule has 18 heavy (non-hydrogen) atoms. The minimum atomic E-state index is -0.402. The highest BCUT2D eigenvalue weighted by molar-refractivity contribution is 6.06. The minimum absolute atomic E-state index is 0.397. The number of ether oxygens (including phenoxy) is 2. The lowest BCUT2D eigenvalue weighted by atomic mass is 10.0. The van der Waals surface area contributed by atoms with Gasteiger partial charge in [-0.3, -0.25) is 0 Å². The van der Waals surface area contributed by atoms with Crippen LogP contribution in [0.25, 0.3) is 10.8 Å². The molecule has 0 atom stereocenters. The van der Waals surface area contributed by atoms with Gasteiger partial charge >= 0.3 is 11.9 Å². The van der Waals surface area contributed by atoms with Gasteiger partial charge in [0, 0.05) is 0 Å². The smallest absolute Gasteiger partial charge is 0.338 e. The fraction of sp³-hybridized carbons (Fsp3) is 0.143. The monoisotopic (exact) mass is 244 g/mol. The SMILES string of the molecule is COC(=O)c1ccc2c(C(=O)OC)cccc2c1. The Morgan fingerprint density at radius 1 is 0.944 bits per heavy atom. The topological polar surface area (TPSA) is 52.6 Å². The van der Waals surface area contributed by atoms with Gasteiger partial charge in [0.1, 0.15) is 0 Å². The van der Waals surface area contributed by atoms with E-state index in [-0.39, 0.29) is 0 Å². The Labute approximate surface area is 104 Å². The number of hydrogen-bond acceptors (Lipinski definition) is 4. The second-order valence-electron chi connectivity index (χ2n) is 3.72. The van der Waals surface area contributed by atoms with Crippen LogP contribution in [-0.4, -0.2) is 26.2 Å². The van der Waals surface area contributed by atoms with Crippen molar-refractivity contribution < 1.29 is 19.1 Å². The Bertz CT molecular complexity index is 616. The molecule has 4 heteroatoms. The number of hydrogen-bond donors (Lipinski definition) is 0. The van der Waals surface area contributed by atoms with Gasteiger partial charge < -0.3 is 9.47 Å². The maximum atomic E-state index is 11.6. The van der Waals surface area contributed by atoms with Gasteiger partial charge in [0.25, 0.3) is 0 Å². The quantitative estimate of drug-likeness (QED) is 0.761. The first-order chi connectivity index (χ1) is 8.67. The van der Waals surface area contributed by atoms with Gasteiger partial charge in [0.05, 0.1) is 25.3 Å². The molecule has 2 aromatic carbocycles. The third kappa shape index (κ3) is 2.05. The van der Waals surface area contributed by atoms with Crippen molar-refractivity contribution in [2.75, 3.05) is 14.2 Å². The van der Waals surface area contributed by atoms with E-state index < -0.39 is 11.9 Å². The van der Waals surface area contributed by atoms with Crippen molar-refractivity contribution in [3.63, 3.8) is 0 Å². The highest BCUT2D eigenvalue weighted by atomic mass is 16.5. The number of carbonyl (C=O) groups excluding carboxylic acids is 2. The van der Waals surface area contributed by atoms with Gasteiger partial charge in [0.2, 0.25) is 0 Å². The van der Waals surface area contributed by atoms with Crippen molar-refractivity contribution in [3.8, 4) is 0 Å². The summed E-state index contributed by atoms with van der Waals surface area (Å²) in [5.41, 5.74) is 0.929. The molecule has 0 heterocycles. The van der Waals surface area contributed by atoms with Crippen LogP contribution >= 0.6 is 0 Å². The maximum Gasteiger partial charge on any atom is 0.338 e. The normalized spacial score (nSPS) is 10.1. The number of rotatable bonds is 2. The van der Waals surface area contributed by atoms with E-state index in [4.69, 9.17) is 4.74 Å². The Morgan fingerprint density at radius 2 is 1.67 bits per heavy atom. The summed E-state index contributed by atoms with van der Waals surface area (Å²) >= 11 is 0. The summed E-state index contributed by atoms with van der Waals surface area (Å²) in [4.78, 5) is 23.0. The van der Waals surface area contributed by atoms with Gasteiger partial charge in [-0.05, 0) is 29.0 Å². The van der Waals surface area contributed by atoms with Crippen LogP contribution < -0.4 is 0 Å². The first-order valence-electron chi connectivity index (χ1n) is 5.37. The van der Waals surface area contributed by atoms with Crippen molar-refractivity contribution in [2.24, 2.45) is 0 Å². The lowest BCUT2D eigenvalue weighted by Gasteiger charge is -2.06. The molecular weight excluding hydrogens is 232 g/mol. The first-order valence-corrected chi connectivity index (χ1v) is 5.37. The van der Waals surface area contributed by atoms with E-state index in [0.29, 0.717) is 11.1 Å². The molecule has 0 radical (unpaired) electrons. The van der Waals surface area contributed by atoms with Crippen molar-refractivity contribution in [1.82, 2.24) is 0 Å². The van der Waals surface area contributed by atoms with E-state index in [1.165, 1.54) is 14.2 Å². The van der Waals surface area contributed by atoms with Gasteiger partial charge in [-0.1, -0.05) is 18.2 Å². The van der Waals surface area contributed by atoms with Crippen molar-refractivity contribution in [1.29, 1.82) is 0 Å². The summed E-state index contributed by atoms with van der Waals surface area (Å²) in [5, 5.41) is 1.54. The van der Waals surface area contributed by atoms with E-state index in [0.717, 1.165) is 10.8 Å². The van der Waals surface area contributed by atoms with Crippen molar-refractivity contribution >= 4 is 22.7 Å². The summed E-state index contributed by atoms with van der Waals surface area (Å²) in [6.07, 6.45) is 0. The molecule has 0 amide bonds. The predicted molar refractivity (Wildman–Crippen MR) is 66.6 cm³/mol. The highest BCUT2D eigenvalue weighted by Gasteiger charge is 2.12. The van der Waals surface area contributed by atoms with Crippen LogP contribution in [0.3, 0.4) is 0 Å². The number of fused-ring (bicyclic) bond motifs is 1. The summed E-state index contributed by atoms with van der Waals surface area (Å²) in [6, 6.07) is 10.3. The summed E-state index contributed by atoms with van der Waals surface area (Å²) in [7, 11) is 2.67. The molecule has 0 aliphatic rings. The molecule has 2 rings (SSSR count). The Hall–Kier alpha value is -2.36.